The summed E-state index contributed by atoms with van der Waals surface area (Å²) in [5.74, 6) is 0.678. The summed E-state index contributed by atoms with van der Waals surface area (Å²) in [6.45, 7) is 3.68. The van der Waals surface area contributed by atoms with Crippen LogP contribution < -0.4 is 5.32 Å². The molecule has 1 aromatic carbocycles. The molecule has 2 heterocycles. The Bertz CT molecular complexity index is 735. The van der Waals surface area contributed by atoms with E-state index in [0.29, 0.717) is 12.4 Å². The minimum absolute atomic E-state index is 0.678. The average Bonchev–Trinajstić information content (AvgIpc) is 3.10. The van der Waals surface area contributed by atoms with Crippen LogP contribution in [0.25, 0.3) is 11.5 Å². The zero-order valence-corrected chi connectivity index (χ0v) is 14.0. The maximum Gasteiger partial charge on any atom is 0.226 e. The van der Waals surface area contributed by atoms with E-state index in [4.69, 9.17) is 4.42 Å². The smallest absolute Gasteiger partial charge is 0.226 e. The van der Waals surface area contributed by atoms with Crippen LogP contribution in [0.3, 0.4) is 0 Å². The van der Waals surface area contributed by atoms with Gasteiger partial charge in [-0.3, -0.25) is 4.98 Å². The molecular weight excluding hydrogens is 298 g/mol. The fourth-order valence-electron chi connectivity index (χ4n) is 2.55. The summed E-state index contributed by atoms with van der Waals surface area (Å²) in [5, 5.41) is 3.36. The van der Waals surface area contributed by atoms with Crippen molar-refractivity contribution in [2.75, 3.05) is 0 Å². The lowest BCUT2D eigenvalue weighted by Crippen LogP contribution is -2.12. The third-order valence-corrected chi connectivity index (χ3v) is 3.96. The van der Waals surface area contributed by atoms with Crippen LogP contribution in [0.2, 0.25) is 0 Å². The van der Waals surface area contributed by atoms with Gasteiger partial charge in [0.2, 0.25) is 5.89 Å². The summed E-state index contributed by atoms with van der Waals surface area (Å²) in [7, 11) is 0. The van der Waals surface area contributed by atoms with Crippen molar-refractivity contribution >= 4 is 0 Å². The number of benzene rings is 1. The molecule has 0 atom stereocenters. The second-order valence-corrected chi connectivity index (χ2v) is 5.90. The molecule has 0 unspecified atom stereocenters. The van der Waals surface area contributed by atoms with Gasteiger partial charge >= 0.3 is 0 Å². The second kappa shape index (κ2) is 8.41. The van der Waals surface area contributed by atoms with Crippen molar-refractivity contribution in [3.8, 4) is 11.5 Å². The fourth-order valence-corrected chi connectivity index (χ4v) is 2.55. The van der Waals surface area contributed by atoms with Crippen molar-refractivity contribution in [3.05, 3.63) is 71.9 Å². The van der Waals surface area contributed by atoms with Crippen molar-refractivity contribution in [3.63, 3.8) is 0 Å². The average molecular weight is 321 g/mol. The van der Waals surface area contributed by atoms with Crippen LogP contribution in [0.5, 0.6) is 0 Å². The topological polar surface area (TPSA) is 51.0 Å². The molecule has 0 bridgehead atoms. The summed E-state index contributed by atoms with van der Waals surface area (Å²) >= 11 is 0. The summed E-state index contributed by atoms with van der Waals surface area (Å²) in [6, 6.07) is 12.5. The molecule has 124 valence electrons. The number of pyridine rings is 1. The molecule has 0 aliphatic carbocycles. The summed E-state index contributed by atoms with van der Waals surface area (Å²) < 4.78 is 5.61. The highest BCUT2D eigenvalue weighted by molar-refractivity contribution is 5.53. The first-order valence-corrected chi connectivity index (χ1v) is 8.48. The molecular formula is C20H23N3O. The number of nitrogens with zero attached hydrogens (tertiary/aromatic N) is 2. The first-order chi connectivity index (χ1) is 11.8. The largest absolute Gasteiger partial charge is 0.444 e. The standard InChI is InChI=1S/C20H23N3O/c1-2-3-4-16-5-7-18(8-6-16)20-23-19(15-24-20)14-22-13-17-9-11-21-12-10-17/h5-12,15,22H,2-4,13-14H2,1H3. The van der Waals surface area contributed by atoms with E-state index in [1.165, 1.54) is 24.0 Å². The highest BCUT2D eigenvalue weighted by Crippen LogP contribution is 2.20. The molecule has 0 radical (unpaired) electrons. The highest BCUT2D eigenvalue weighted by Gasteiger charge is 2.06. The molecule has 1 N–H and O–H groups in total. The molecule has 3 aromatic rings. The molecule has 0 saturated carbocycles. The van der Waals surface area contributed by atoms with Crippen LogP contribution in [0.15, 0.2) is 59.5 Å². The number of aromatic nitrogens is 2. The lowest BCUT2D eigenvalue weighted by atomic mass is 10.1. The van der Waals surface area contributed by atoms with Crippen molar-refractivity contribution in [1.29, 1.82) is 0 Å². The van der Waals surface area contributed by atoms with E-state index in [2.05, 4.69) is 46.5 Å². The number of oxazole rings is 1. The van der Waals surface area contributed by atoms with Crippen LogP contribution in [0.1, 0.15) is 36.6 Å². The van der Waals surface area contributed by atoms with Crippen molar-refractivity contribution < 1.29 is 4.42 Å². The summed E-state index contributed by atoms with van der Waals surface area (Å²) in [6.07, 6.45) is 8.90. The van der Waals surface area contributed by atoms with E-state index in [9.17, 15) is 0 Å². The van der Waals surface area contributed by atoms with Gasteiger partial charge in [-0.1, -0.05) is 25.5 Å². The van der Waals surface area contributed by atoms with Crippen LogP contribution in [-0.4, -0.2) is 9.97 Å². The summed E-state index contributed by atoms with van der Waals surface area (Å²) in [5.41, 5.74) is 4.51. The lowest BCUT2D eigenvalue weighted by molar-refractivity contribution is 0.570. The Morgan fingerprint density at radius 3 is 2.50 bits per heavy atom. The zero-order valence-electron chi connectivity index (χ0n) is 14.0. The molecule has 0 aliphatic rings. The fraction of sp³-hybridized carbons (Fsp3) is 0.300. The van der Waals surface area contributed by atoms with E-state index in [1.54, 1.807) is 18.7 Å². The molecule has 4 nitrogen and oxygen atoms in total. The maximum atomic E-state index is 5.61. The normalized spacial score (nSPS) is 10.9. The Kier molecular flexibility index (Phi) is 5.75. The minimum atomic E-state index is 0.678. The number of hydrogen-bond acceptors (Lipinski definition) is 4. The van der Waals surface area contributed by atoms with E-state index in [1.807, 2.05) is 12.1 Å². The molecule has 0 saturated heterocycles. The van der Waals surface area contributed by atoms with Gasteiger partial charge in [-0.15, -0.1) is 0 Å². The van der Waals surface area contributed by atoms with E-state index >= 15 is 0 Å². The van der Waals surface area contributed by atoms with Gasteiger partial charge in [0.15, 0.2) is 0 Å². The number of hydrogen-bond donors (Lipinski definition) is 1. The van der Waals surface area contributed by atoms with Crippen LogP contribution in [0, 0.1) is 0 Å². The van der Waals surface area contributed by atoms with Gasteiger partial charge in [0.05, 0.1) is 5.69 Å². The minimum Gasteiger partial charge on any atom is -0.444 e. The van der Waals surface area contributed by atoms with E-state index < -0.39 is 0 Å². The number of unbranched alkanes of at least 4 members (excludes halogenated alkanes) is 1. The molecule has 0 amide bonds. The van der Waals surface area contributed by atoms with Gasteiger partial charge in [0.25, 0.3) is 0 Å². The maximum absolute atomic E-state index is 5.61. The number of aryl methyl sites for hydroxylation is 1. The van der Waals surface area contributed by atoms with Gasteiger partial charge in [0.1, 0.15) is 6.26 Å². The third kappa shape index (κ3) is 4.52. The molecule has 2 aromatic heterocycles. The van der Waals surface area contributed by atoms with Crippen LogP contribution in [-0.2, 0) is 19.5 Å². The van der Waals surface area contributed by atoms with Gasteiger partial charge in [-0.2, -0.15) is 0 Å². The van der Waals surface area contributed by atoms with Gasteiger partial charge in [-0.25, -0.2) is 4.98 Å². The monoisotopic (exact) mass is 321 g/mol. The lowest BCUT2D eigenvalue weighted by Gasteiger charge is -2.02. The van der Waals surface area contributed by atoms with Crippen LogP contribution in [0.4, 0.5) is 0 Å². The van der Waals surface area contributed by atoms with Gasteiger partial charge in [0, 0.05) is 31.0 Å². The third-order valence-electron chi connectivity index (χ3n) is 3.96. The molecule has 0 aliphatic heterocycles. The van der Waals surface area contributed by atoms with E-state index in [-0.39, 0.29) is 0 Å². The Balaban J connectivity index is 1.55. The molecule has 3 rings (SSSR count). The van der Waals surface area contributed by atoms with Gasteiger partial charge in [-0.05, 0) is 48.2 Å². The number of rotatable bonds is 8. The molecule has 0 fully saturated rings. The quantitative estimate of drug-likeness (QED) is 0.669. The highest BCUT2D eigenvalue weighted by atomic mass is 16.3. The first kappa shape index (κ1) is 16.4. The Morgan fingerprint density at radius 2 is 1.75 bits per heavy atom. The van der Waals surface area contributed by atoms with Gasteiger partial charge < -0.3 is 9.73 Å². The second-order valence-electron chi connectivity index (χ2n) is 5.90. The van der Waals surface area contributed by atoms with Crippen LogP contribution >= 0.6 is 0 Å². The molecule has 24 heavy (non-hydrogen) atoms. The van der Waals surface area contributed by atoms with Crippen molar-refractivity contribution in [2.45, 2.75) is 39.3 Å². The summed E-state index contributed by atoms with van der Waals surface area (Å²) in [4.78, 5) is 8.58. The number of nitrogens with one attached hydrogen (secondary N) is 1. The SMILES string of the molecule is CCCCc1ccc(-c2nc(CNCc3ccncc3)co2)cc1. The predicted octanol–water partition coefficient (Wildman–Crippen LogP) is 4.37. The predicted molar refractivity (Wildman–Crippen MR) is 95.3 cm³/mol. The van der Waals surface area contributed by atoms with Crippen molar-refractivity contribution in [1.82, 2.24) is 15.3 Å². The van der Waals surface area contributed by atoms with E-state index in [0.717, 1.165) is 24.2 Å². The first-order valence-electron chi connectivity index (χ1n) is 8.48. The zero-order chi connectivity index (χ0) is 16.6. The Labute approximate surface area is 143 Å². The Hall–Kier alpha value is -2.46. The Morgan fingerprint density at radius 1 is 0.958 bits per heavy atom. The molecule has 0 spiro atoms. The van der Waals surface area contributed by atoms with Crippen molar-refractivity contribution in [2.24, 2.45) is 0 Å². The molecule has 4 heteroatoms.